The lowest BCUT2D eigenvalue weighted by atomic mass is 9.80. The first-order valence-electron chi connectivity index (χ1n) is 9.61. The van der Waals surface area contributed by atoms with Crippen LogP contribution in [0.4, 0.5) is 38.1 Å². The third kappa shape index (κ3) is 6.20. The molecule has 2 aromatic carbocycles. The monoisotopic (exact) mass is 458 g/mol. The molecule has 32 heavy (non-hydrogen) atoms. The van der Waals surface area contributed by atoms with Gasteiger partial charge in [-0.15, -0.1) is 0 Å². The predicted molar refractivity (Wildman–Crippen MR) is 113 cm³/mol. The van der Waals surface area contributed by atoms with Crippen LogP contribution in [0.15, 0.2) is 30.3 Å². The summed E-state index contributed by atoms with van der Waals surface area (Å²) in [7, 11) is -0.0122. The third-order valence-corrected chi connectivity index (χ3v) is 5.28. The maximum absolute atomic E-state index is 14.5. The lowest BCUT2D eigenvalue weighted by Gasteiger charge is -2.37. The van der Waals surface area contributed by atoms with Gasteiger partial charge in [0.2, 0.25) is 0 Å². The van der Waals surface area contributed by atoms with Gasteiger partial charge in [-0.1, -0.05) is 5.56 Å². The molecule has 0 fully saturated rings. The van der Waals surface area contributed by atoms with E-state index in [2.05, 4.69) is 5.32 Å². The van der Waals surface area contributed by atoms with Crippen LogP contribution in [-0.4, -0.2) is 29.8 Å². The summed E-state index contributed by atoms with van der Waals surface area (Å²) >= 11 is 0. The Hall–Kier alpha value is -2.66. The minimum absolute atomic E-state index is 0.0122. The maximum atomic E-state index is 14.5. The van der Waals surface area contributed by atoms with E-state index in [9.17, 15) is 31.9 Å². The molecule has 0 aliphatic heterocycles. The number of anilines is 2. The second-order valence-electron chi connectivity index (χ2n) is 8.39. The molecule has 0 aliphatic carbocycles. The highest BCUT2D eigenvalue weighted by atomic mass is 19.4. The second-order valence-corrected chi connectivity index (χ2v) is 8.39. The Balaban J connectivity index is 2.14. The first-order valence-corrected chi connectivity index (χ1v) is 9.61. The number of aliphatic hydroxyl groups is 1. The van der Waals surface area contributed by atoms with Crippen LogP contribution in [0, 0.1) is 18.6 Å². The number of halogens is 5. The molecule has 0 spiro atoms. The number of urea groups is 1. The Morgan fingerprint density at radius 3 is 2.06 bits per heavy atom. The van der Waals surface area contributed by atoms with Crippen LogP contribution in [0.3, 0.4) is 0 Å². The Labute approximate surface area is 183 Å². The lowest BCUT2D eigenvalue weighted by Crippen LogP contribution is -2.49. The number of benzene rings is 2. The van der Waals surface area contributed by atoms with Gasteiger partial charge in [0.25, 0.3) is 0 Å². The van der Waals surface area contributed by atoms with Gasteiger partial charge in [0.05, 0.1) is 28.1 Å². The Morgan fingerprint density at radius 2 is 1.53 bits per heavy atom. The maximum Gasteiger partial charge on any atom is 0.416 e. The van der Waals surface area contributed by atoms with Crippen molar-refractivity contribution in [3.63, 3.8) is 0 Å². The fraction of sp³-hybridized carbons (Fsp3) is 0.381. The lowest BCUT2D eigenvalue weighted by molar-refractivity contribution is -0.137. The van der Waals surface area contributed by atoms with Crippen LogP contribution >= 0.6 is 0 Å². The first kappa shape index (κ1) is 25.6. The zero-order valence-electron chi connectivity index (χ0n) is 18.2. The van der Waals surface area contributed by atoms with E-state index in [0.29, 0.717) is 29.2 Å². The average Bonchev–Trinajstić information content (AvgIpc) is 2.63. The topological polar surface area (TPSA) is 70.6 Å². The minimum Gasteiger partial charge on any atom is -0.427 e. The van der Waals surface area contributed by atoms with E-state index in [0.717, 1.165) is 6.07 Å². The fourth-order valence-electron chi connectivity index (χ4n) is 2.48. The summed E-state index contributed by atoms with van der Waals surface area (Å²) in [4.78, 5) is 12.1. The van der Waals surface area contributed by atoms with E-state index in [1.807, 2.05) is 5.32 Å². The van der Waals surface area contributed by atoms with Gasteiger partial charge in [-0.25, -0.2) is 13.6 Å². The Morgan fingerprint density at radius 1 is 0.969 bits per heavy atom. The normalized spacial score (nSPS) is 12.5. The van der Waals surface area contributed by atoms with Crippen molar-refractivity contribution in [3.8, 4) is 0 Å². The summed E-state index contributed by atoms with van der Waals surface area (Å²) in [5.41, 5.74) is -3.16. The number of hydrogen-bond acceptors (Lipinski definition) is 3. The summed E-state index contributed by atoms with van der Waals surface area (Å²) in [6, 6.07) is 2.90. The highest BCUT2D eigenvalue weighted by molar-refractivity contribution is 6.47. The molecule has 5 nitrogen and oxygen atoms in total. The quantitative estimate of drug-likeness (QED) is 0.442. The molecule has 174 valence electrons. The van der Waals surface area contributed by atoms with E-state index < -0.39 is 46.3 Å². The molecule has 0 bridgehead atoms. The molecule has 0 radical (unpaired) electrons. The largest absolute Gasteiger partial charge is 0.427 e. The molecule has 11 heteroatoms. The van der Waals surface area contributed by atoms with E-state index in [-0.39, 0.29) is 13.2 Å². The van der Waals surface area contributed by atoms with Crippen molar-refractivity contribution in [1.29, 1.82) is 0 Å². The number of hydrogen-bond donors (Lipinski definition) is 3. The highest BCUT2D eigenvalue weighted by Crippen LogP contribution is 2.32. The van der Waals surface area contributed by atoms with Crippen molar-refractivity contribution in [2.75, 3.05) is 10.6 Å². The van der Waals surface area contributed by atoms with E-state index in [1.165, 1.54) is 6.07 Å². The molecule has 2 amide bonds. The number of carbonyl (C=O) groups is 1. The molecule has 0 saturated carbocycles. The van der Waals surface area contributed by atoms with Crippen LogP contribution in [0.25, 0.3) is 0 Å². The van der Waals surface area contributed by atoms with Gasteiger partial charge in [-0.3, -0.25) is 0 Å². The van der Waals surface area contributed by atoms with Gasteiger partial charge in [-0.05, 0) is 70.4 Å². The summed E-state index contributed by atoms with van der Waals surface area (Å²) in [6.07, 6.45) is -4.72. The second kappa shape index (κ2) is 9.07. The Kier molecular flexibility index (Phi) is 7.26. The summed E-state index contributed by atoms with van der Waals surface area (Å²) < 4.78 is 72.4. The molecule has 0 aliphatic rings. The third-order valence-electron chi connectivity index (χ3n) is 5.28. The minimum atomic E-state index is -4.72. The molecule has 0 heterocycles. The van der Waals surface area contributed by atoms with E-state index in [1.54, 1.807) is 34.6 Å². The zero-order chi connectivity index (χ0) is 24.5. The number of rotatable bonds is 6. The number of nitrogens with one attached hydrogen (secondary N) is 2. The average molecular weight is 458 g/mol. The van der Waals surface area contributed by atoms with Crippen molar-refractivity contribution >= 4 is 30.4 Å². The van der Waals surface area contributed by atoms with Crippen LogP contribution in [0.1, 0.15) is 38.8 Å². The van der Waals surface area contributed by atoms with Gasteiger partial charge < -0.3 is 20.4 Å². The standard InChI is InChI=1S/C21H24BF5N2O3/c1-11-8-16(15(24)10-13(11)22-32-20(4,5)19(2,3)31)28-18(30)29-17-9-12(21(25,26)27)6-7-14(17)23/h6-10,22,31H,1-5H3,(H2,28,29,30). The SMILES string of the molecule is Cc1cc(NC(=O)Nc2cc(C(F)(F)F)ccc2F)c(F)cc1BOC(C)(C)C(C)(C)O. The molecular formula is C21H24BF5N2O3. The molecule has 0 aromatic heterocycles. The Bertz CT molecular complexity index is 1000. The van der Waals surface area contributed by atoms with Crippen molar-refractivity contribution in [2.24, 2.45) is 0 Å². The molecule has 0 unspecified atom stereocenters. The summed E-state index contributed by atoms with van der Waals surface area (Å²) in [5, 5.41) is 14.3. The first-order chi connectivity index (χ1) is 14.5. The molecule has 2 aromatic rings. The van der Waals surface area contributed by atoms with Crippen molar-refractivity contribution in [3.05, 3.63) is 53.1 Å². The van der Waals surface area contributed by atoms with Crippen LogP contribution in [0.2, 0.25) is 0 Å². The van der Waals surface area contributed by atoms with Crippen molar-refractivity contribution < 1.29 is 36.5 Å². The van der Waals surface area contributed by atoms with E-state index >= 15 is 0 Å². The van der Waals surface area contributed by atoms with Gasteiger partial charge in [0, 0.05) is 0 Å². The fourth-order valence-corrected chi connectivity index (χ4v) is 2.48. The van der Waals surface area contributed by atoms with Gasteiger partial charge in [-0.2, -0.15) is 13.2 Å². The zero-order valence-corrected chi connectivity index (χ0v) is 18.2. The number of amides is 2. The summed E-state index contributed by atoms with van der Waals surface area (Å²) in [6.45, 7) is 8.18. The van der Waals surface area contributed by atoms with Crippen LogP contribution in [0.5, 0.6) is 0 Å². The van der Waals surface area contributed by atoms with Crippen LogP contribution < -0.4 is 16.1 Å². The van der Waals surface area contributed by atoms with Gasteiger partial charge in [0.15, 0.2) is 0 Å². The molecule has 0 saturated heterocycles. The molecule has 0 atom stereocenters. The van der Waals surface area contributed by atoms with E-state index in [4.69, 9.17) is 4.65 Å². The van der Waals surface area contributed by atoms with Gasteiger partial charge >= 0.3 is 19.7 Å². The highest BCUT2D eigenvalue weighted by Gasteiger charge is 2.36. The molecular weight excluding hydrogens is 434 g/mol. The molecule has 3 N–H and O–H groups in total. The van der Waals surface area contributed by atoms with Gasteiger partial charge in [0.1, 0.15) is 11.6 Å². The smallest absolute Gasteiger partial charge is 0.416 e. The number of aryl methyl sites for hydroxylation is 1. The van der Waals surface area contributed by atoms with Crippen molar-refractivity contribution in [2.45, 2.75) is 52.0 Å². The molecule has 2 rings (SSSR count). The van der Waals surface area contributed by atoms with Crippen LogP contribution in [-0.2, 0) is 10.8 Å². The predicted octanol–water partition coefficient (Wildman–Crippen LogP) is 4.48. The number of carbonyl (C=O) groups excluding carboxylic acids is 1. The number of alkyl halides is 3. The van der Waals surface area contributed by atoms with Crippen molar-refractivity contribution in [1.82, 2.24) is 0 Å². The summed E-state index contributed by atoms with van der Waals surface area (Å²) in [5.74, 6) is -1.90.